The number of ketones is 1. The molecule has 23 heavy (non-hydrogen) atoms. The normalized spacial score (nSPS) is 11.3. The van der Waals surface area contributed by atoms with Crippen molar-refractivity contribution in [3.05, 3.63) is 57.5 Å². The van der Waals surface area contributed by atoms with Crippen molar-refractivity contribution < 1.29 is 27.9 Å². The fourth-order valence-corrected chi connectivity index (χ4v) is 1.79. The Morgan fingerprint density at radius 2 is 1.74 bits per heavy atom. The maximum atomic E-state index is 12.5. The van der Waals surface area contributed by atoms with Crippen LogP contribution in [0, 0.1) is 0 Å². The van der Waals surface area contributed by atoms with E-state index in [1.807, 2.05) is 0 Å². The average Bonchev–Trinajstić information content (AvgIpc) is 2.46. The SMILES string of the molecule is CC(=O)c1cc(C(=O)O)c(=O)n(-c2ccc(C(F)(F)F)cc2)n1. The molecule has 1 N–H and O–H groups in total. The molecule has 0 aliphatic rings. The van der Waals surface area contributed by atoms with E-state index in [0.717, 1.165) is 37.3 Å². The number of aromatic nitrogens is 2. The predicted molar refractivity (Wildman–Crippen MR) is 71.8 cm³/mol. The molecule has 2 aromatic rings. The minimum Gasteiger partial charge on any atom is -0.477 e. The predicted octanol–water partition coefficient (Wildman–Crippen LogP) is 2.15. The lowest BCUT2D eigenvalue weighted by Crippen LogP contribution is -2.29. The number of halogens is 3. The highest BCUT2D eigenvalue weighted by Crippen LogP contribution is 2.29. The Labute approximate surface area is 126 Å². The second kappa shape index (κ2) is 5.67. The van der Waals surface area contributed by atoms with Gasteiger partial charge in [-0.15, -0.1) is 0 Å². The molecular weight excluding hydrogens is 317 g/mol. The first-order valence-corrected chi connectivity index (χ1v) is 6.17. The molecule has 0 radical (unpaired) electrons. The molecule has 0 atom stereocenters. The van der Waals surface area contributed by atoms with E-state index in [1.54, 1.807) is 0 Å². The second-order valence-corrected chi connectivity index (χ2v) is 4.57. The van der Waals surface area contributed by atoms with Gasteiger partial charge in [0.2, 0.25) is 0 Å². The number of benzene rings is 1. The molecule has 0 bridgehead atoms. The van der Waals surface area contributed by atoms with Crippen LogP contribution in [0.4, 0.5) is 13.2 Å². The van der Waals surface area contributed by atoms with E-state index in [9.17, 15) is 27.6 Å². The minimum absolute atomic E-state index is 0.0893. The number of aromatic carboxylic acids is 1. The molecule has 2 rings (SSSR count). The number of carboxylic acids is 1. The van der Waals surface area contributed by atoms with E-state index in [-0.39, 0.29) is 11.4 Å². The van der Waals surface area contributed by atoms with E-state index in [0.29, 0.717) is 4.68 Å². The number of carboxylic acid groups (broad SMARTS) is 1. The Balaban J connectivity index is 2.65. The number of Topliss-reactive ketones (excluding diaryl/α,β-unsaturated/α-hetero) is 1. The van der Waals surface area contributed by atoms with Gasteiger partial charge in [0.15, 0.2) is 5.78 Å². The van der Waals surface area contributed by atoms with Crippen LogP contribution in [0.1, 0.15) is 33.3 Å². The summed E-state index contributed by atoms with van der Waals surface area (Å²) in [4.78, 5) is 34.5. The smallest absolute Gasteiger partial charge is 0.416 e. The standard InChI is InChI=1S/C14H9F3N2O4/c1-7(20)11-6-10(13(22)23)12(21)19(18-11)9-4-2-8(3-5-9)14(15,16)17/h2-6H,1H3,(H,22,23). The topological polar surface area (TPSA) is 89.3 Å². The Hall–Kier alpha value is -2.97. The van der Waals surface area contributed by atoms with Gasteiger partial charge in [-0.05, 0) is 30.3 Å². The summed E-state index contributed by atoms with van der Waals surface area (Å²) < 4.78 is 38.2. The van der Waals surface area contributed by atoms with Crippen LogP contribution in [0.25, 0.3) is 5.69 Å². The van der Waals surface area contributed by atoms with Crippen molar-refractivity contribution in [1.82, 2.24) is 9.78 Å². The molecule has 6 nitrogen and oxygen atoms in total. The lowest BCUT2D eigenvalue weighted by molar-refractivity contribution is -0.137. The van der Waals surface area contributed by atoms with Crippen molar-refractivity contribution in [2.75, 3.05) is 0 Å². The van der Waals surface area contributed by atoms with E-state index >= 15 is 0 Å². The first kappa shape index (κ1) is 16.4. The van der Waals surface area contributed by atoms with E-state index in [1.165, 1.54) is 0 Å². The fourth-order valence-electron chi connectivity index (χ4n) is 1.79. The summed E-state index contributed by atoms with van der Waals surface area (Å²) in [5.41, 5.74) is -3.07. The monoisotopic (exact) mass is 326 g/mol. The Morgan fingerprint density at radius 3 is 2.17 bits per heavy atom. The van der Waals surface area contributed by atoms with Crippen molar-refractivity contribution in [3.8, 4) is 5.69 Å². The van der Waals surface area contributed by atoms with Gasteiger partial charge in [0.25, 0.3) is 5.56 Å². The fraction of sp³-hybridized carbons (Fsp3) is 0.143. The zero-order chi connectivity index (χ0) is 17.4. The number of carbonyl (C=O) groups excluding carboxylic acids is 1. The molecule has 0 spiro atoms. The third-order valence-corrected chi connectivity index (χ3v) is 2.94. The number of alkyl halides is 3. The molecule has 0 fully saturated rings. The minimum atomic E-state index is -4.55. The third kappa shape index (κ3) is 3.28. The van der Waals surface area contributed by atoms with Crippen molar-refractivity contribution in [1.29, 1.82) is 0 Å². The molecular formula is C14H9F3N2O4. The van der Waals surface area contributed by atoms with Crippen LogP contribution >= 0.6 is 0 Å². The summed E-state index contributed by atoms with van der Waals surface area (Å²) in [6, 6.07) is 4.21. The van der Waals surface area contributed by atoms with Gasteiger partial charge in [0.1, 0.15) is 11.3 Å². The van der Waals surface area contributed by atoms with Crippen LogP contribution in [0.2, 0.25) is 0 Å². The quantitative estimate of drug-likeness (QED) is 0.873. The molecule has 0 amide bonds. The molecule has 9 heteroatoms. The van der Waals surface area contributed by atoms with E-state index in [2.05, 4.69) is 5.10 Å². The second-order valence-electron chi connectivity index (χ2n) is 4.57. The van der Waals surface area contributed by atoms with E-state index < -0.39 is 34.6 Å². The molecule has 0 saturated heterocycles. The molecule has 1 heterocycles. The van der Waals surface area contributed by atoms with Crippen LogP contribution < -0.4 is 5.56 Å². The zero-order valence-corrected chi connectivity index (χ0v) is 11.6. The summed E-state index contributed by atoms with van der Waals surface area (Å²) in [7, 11) is 0. The van der Waals surface area contributed by atoms with Gasteiger partial charge in [-0.1, -0.05) is 0 Å². The van der Waals surface area contributed by atoms with Gasteiger partial charge >= 0.3 is 12.1 Å². The molecule has 120 valence electrons. The summed E-state index contributed by atoms with van der Waals surface area (Å²) in [6.07, 6.45) is -4.55. The first-order valence-electron chi connectivity index (χ1n) is 6.17. The lowest BCUT2D eigenvalue weighted by Gasteiger charge is -2.10. The average molecular weight is 326 g/mol. The van der Waals surface area contributed by atoms with Crippen molar-refractivity contribution >= 4 is 11.8 Å². The van der Waals surface area contributed by atoms with E-state index in [4.69, 9.17) is 5.11 Å². The van der Waals surface area contributed by atoms with Crippen LogP contribution in [0.3, 0.4) is 0 Å². The maximum Gasteiger partial charge on any atom is 0.416 e. The van der Waals surface area contributed by atoms with Gasteiger partial charge in [0, 0.05) is 6.92 Å². The lowest BCUT2D eigenvalue weighted by atomic mass is 10.2. The molecule has 0 unspecified atom stereocenters. The number of hydrogen-bond acceptors (Lipinski definition) is 4. The van der Waals surface area contributed by atoms with Crippen LogP contribution in [0.5, 0.6) is 0 Å². The van der Waals surface area contributed by atoms with Crippen LogP contribution in [-0.2, 0) is 6.18 Å². The Bertz CT molecular complexity index is 839. The maximum absolute atomic E-state index is 12.5. The molecule has 0 aliphatic carbocycles. The van der Waals surface area contributed by atoms with Crippen LogP contribution in [0.15, 0.2) is 35.1 Å². The summed E-state index contributed by atoms with van der Waals surface area (Å²) in [5, 5.41) is 12.7. The van der Waals surface area contributed by atoms with Crippen LogP contribution in [-0.4, -0.2) is 26.6 Å². The third-order valence-electron chi connectivity index (χ3n) is 2.94. The molecule has 1 aromatic heterocycles. The number of nitrogens with zero attached hydrogens (tertiary/aromatic N) is 2. The van der Waals surface area contributed by atoms with Crippen molar-refractivity contribution in [2.24, 2.45) is 0 Å². The van der Waals surface area contributed by atoms with Gasteiger partial charge in [-0.3, -0.25) is 9.59 Å². The van der Waals surface area contributed by atoms with Gasteiger partial charge in [0.05, 0.1) is 11.3 Å². The van der Waals surface area contributed by atoms with Gasteiger partial charge in [-0.25, -0.2) is 4.79 Å². The summed E-state index contributed by atoms with van der Waals surface area (Å²) in [5.74, 6) is -2.16. The van der Waals surface area contributed by atoms with Gasteiger partial charge in [-0.2, -0.15) is 23.0 Å². The number of carbonyl (C=O) groups is 2. The summed E-state index contributed by atoms with van der Waals surface area (Å²) in [6.45, 7) is 1.12. The Morgan fingerprint density at radius 1 is 1.17 bits per heavy atom. The highest BCUT2D eigenvalue weighted by molar-refractivity contribution is 5.95. The number of rotatable bonds is 3. The zero-order valence-electron chi connectivity index (χ0n) is 11.6. The molecule has 0 saturated carbocycles. The Kier molecular flexibility index (Phi) is 4.04. The largest absolute Gasteiger partial charge is 0.477 e. The highest BCUT2D eigenvalue weighted by Gasteiger charge is 2.30. The first-order chi connectivity index (χ1) is 10.6. The molecule has 1 aromatic carbocycles. The molecule has 0 aliphatic heterocycles. The van der Waals surface area contributed by atoms with Crippen molar-refractivity contribution in [3.63, 3.8) is 0 Å². The summed E-state index contributed by atoms with van der Waals surface area (Å²) >= 11 is 0. The number of hydrogen-bond donors (Lipinski definition) is 1. The van der Waals surface area contributed by atoms with Gasteiger partial charge < -0.3 is 5.11 Å². The highest BCUT2D eigenvalue weighted by atomic mass is 19.4. The van der Waals surface area contributed by atoms with Crippen molar-refractivity contribution in [2.45, 2.75) is 13.1 Å².